The van der Waals surface area contributed by atoms with Gasteiger partial charge in [-0.2, -0.15) is 0 Å². The van der Waals surface area contributed by atoms with Crippen LogP contribution in [-0.4, -0.2) is 5.54 Å². The highest BCUT2D eigenvalue weighted by Gasteiger charge is 2.37. The number of nitrogens with two attached hydrogens (primary N) is 1. The van der Waals surface area contributed by atoms with Crippen LogP contribution >= 0.6 is 0 Å². The minimum absolute atomic E-state index is 0.00336. The van der Waals surface area contributed by atoms with E-state index in [4.69, 9.17) is 5.73 Å². The lowest BCUT2D eigenvalue weighted by atomic mass is 9.67. The fourth-order valence-electron chi connectivity index (χ4n) is 3.44. The molecule has 1 aromatic carbocycles. The molecule has 100 valence electrons. The lowest BCUT2D eigenvalue weighted by Crippen LogP contribution is -2.51. The molecule has 3 atom stereocenters. The van der Waals surface area contributed by atoms with E-state index in [1.54, 1.807) is 0 Å². The monoisotopic (exact) mass is 245 g/mol. The maximum absolute atomic E-state index is 6.73. The van der Waals surface area contributed by atoms with Crippen LogP contribution in [0.1, 0.15) is 49.8 Å². The molecule has 0 aromatic heterocycles. The van der Waals surface area contributed by atoms with Crippen molar-refractivity contribution < 1.29 is 0 Å². The lowest BCUT2D eigenvalue weighted by molar-refractivity contribution is 0.163. The molecule has 0 amide bonds. The first-order valence-electron chi connectivity index (χ1n) is 7.26. The number of benzene rings is 1. The molecule has 1 heteroatoms. The van der Waals surface area contributed by atoms with Gasteiger partial charge >= 0.3 is 0 Å². The molecule has 2 N–H and O–H groups in total. The van der Waals surface area contributed by atoms with Gasteiger partial charge in [0.25, 0.3) is 0 Å². The van der Waals surface area contributed by atoms with Gasteiger partial charge in [0.1, 0.15) is 0 Å². The number of rotatable bonds is 2. The number of hydrogen-bond donors (Lipinski definition) is 1. The minimum atomic E-state index is 0.00336. The van der Waals surface area contributed by atoms with Gasteiger partial charge in [0.05, 0.1) is 0 Å². The molecule has 0 radical (unpaired) electrons. The van der Waals surface area contributed by atoms with Crippen molar-refractivity contribution >= 4 is 0 Å². The molecule has 1 saturated carbocycles. The highest BCUT2D eigenvalue weighted by Crippen LogP contribution is 2.38. The van der Waals surface area contributed by atoms with Crippen LogP contribution < -0.4 is 5.73 Å². The Labute approximate surface area is 112 Å². The van der Waals surface area contributed by atoms with E-state index in [0.29, 0.717) is 5.92 Å². The quantitative estimate of drug-likeness (QED) is 0.837. The van der Waals surface area contributed by atoms with E-state index in [1.165, 1.54) is 36.0 Å². The van der Waals surface area contributed by atoms with Crippen molar-refractivity contribution in [3.8, 4) is 0 Å². The van der Waals surface area contributed by atoms with E-state index in [1.807, 2.05) is 0 Å². The van der Waals surface area contributed by atoms with Crippen molar-refractivity contribution in [2.24, 2.45) is 17.6 Å². The van der Waals surface area contributed by atoms with Gasteiger partial charge in [0.15, 0.2) is 0 Å². The van der Waals surface area contributed by atoms with Crippen molar-refractivity contribution in [2.75, 3.05) is 0 Å². The molecule has 0 bridgehead atoms. The van der Waals surface area contributed by atoms with E-state index >= 15 is 0 Å². The predicted octanol–water partition coefficient (Wildman–Crippen LogP) is 4.00. The zero-order chi connectivity index (χ0) is 13.3. The van der Waals surface area contributed by atoms with Crippen LogP contribution in [0, 0.1) is 25.7 Å². The van der Waals surface area contributed by atoms with Crippen molar-refractivity contribution in [1.29, 1.82) is 0 Å². The summed E-state index contributed by atoms with van der Waals surface area (Å²) >= 11 is 0. The second-order valence-corrected chi connectivity index (χ2v) is 6.56. The van der Waals surface area contributed by atoms with E-state index in [-0.39, 0.29) is 5.54 Å². The predicted molar refractivity (Wildman–Crippen MR) is 78.7 cm³/mol. The fraction of sp³-hybridized carbons (Fsp3) is 0.647. The molecular weight excluding hydrogens is 218 g/mol. The Morgan fingerprint density at radius 1 is 1.22 bits per heavy atom. The molecule has 1 nitrogen and oxygen atoms in total. The van der Waals surface area contributed by atoms with Gasteiger partial charge in [0.2, 0.25) is 0 Å². The third-order valence-corrected chi connectivity index (χ3v) is 4.99. The molecule has 1 aliphatic carbocycles. The Hall–Kier alpha value is -0.820. The Morgan fingerprint density at radius 2 is 1.83 bits per heavy atom. The molecule has 18 heavy (non-hydrogen) atoms. The summed E-state index contributed by atoms with van der Waals surface area (Å²) in [5, 5.41) is 0. The zero-order valence-corrected chi connectivity index (χ0v) is 12.3. The Morgan fingerprint density at radius 3 is 2.39 bits per heavy atom. The minimum Gasteiger partial charge on any atom is -0.325 e. The van der Waals surface area contributed by atoms with Gasteiger partial charge in [-0.1, -0.05) is 32.0 Å². The average Bonchev–Trinajstić information content (AvgIpc) is 2.30. The summed E-state index contributed by atoms with van der Waals surface area (Å²) in [7, 11) is 0. The Bertz CT molecular complexity index is 403. The SMILES string of the molecule is Cc1cccc(C)c1CC1(N)CCC(C)CC1C. The maximum atomic E-state index is 6.73. The highest BCUT2D eigenvalue weighted by atomic mass is 14.8. The number of hydrogen-bond acceptors (Lipinski definition) is 1. The van der Waals surface area contributed by atoms with Crippen LogP contribution in [0.2, 0.25) is 0 Å². The molecule has 2 rings (SSSR count). The standard InChI is InChI=1S/C17H27N/c1-12-8-9-17(18,15(4)10-12)11-16-13(2)6-5-7-14(16)3/h5-7,12,15H,8-11,18H2,1-4H3. The Balaban J connectivity index is 2.22. The third kappa shape index (κ3) is 2.61. The van der Waals surface area contributed by atoms with Crippen molar-refractivity contribution in [1.82, 2.24) is 0 Å². The summed E-state index contributed by atoms with van der Waals surface area (Å²) in [5.74, 6) is 1.47. The molecule has 0 saturated heterocycles. The molecule has 0 spiro atoms. The fourth-order valence-corrected chi connectivity index (χ4v) is 3.44. The summed E-state index contributed by atoms with van der Waals surface area (Å²) < 4.78 is 0. The topological polar surface area (TPSA) is 26.0 Å². The maximum Gasteiger partial charge on any atom is 0.0221 e. The van der Waals surface area contributed by atoms with Crippen molar-refractivity contribution in [2.45, 2.75) is 58.9 Å². The van der Waals surface area contributed by atoms with E-state index in [0.717, 1.165) is 12.3 Å². The first kappa shape index (κ1) is 13.6. The second-order valence-electron chi connectivity index (χ2n) is 6.56. The first-order valence-corrected chi connectivity index (χ1v) is 7.26. The first-order chi connectivity index (χ1) is 8.42. The van der Waals surface area contributed by atoms with Gasteiger partial charge < -0.3 is 5.73 Å². The molecule has 0 heterocycles. The summed E-state index contributed by atoms with van der Waals surface area (Å²) in [6, 6.07) is 6.56. The summed E-state index contributed by atoms with van der Waals surface area (Å²) in [6.07, 6.45) is 4.77. The summed E-state index contributed by atoms with van der Waals surface area (Å²) in [4.78, 5) is 0. The van der Waals surface area contributed by atoms with Crippen LogP contribution in [0.25, 0.3) is 0 Å². The number of aryl methyl sites for hydroxylation is 2. The van der Waals surface area contributed by atoms with E-state index in [2.05, 4.69) is 45.9 Å². The van der Waals surface area contributed by atoms with Crippen LogP contribution in [0.15, 0.2) is 18.2 Å². The highest BCUT2D eigenvalue weighted by molar-refractivity contribution is 5.35. The average molecular weight is 245 g/mol. The summed E-state index contributed by atoms with van der Waals surface area (Å²) in [5.41, 5.74) is 11.0. The van der Waals surface area contributed by atoms with Crippen LogP contribution in [-0.2, 0) is 6.42 Å². The van der Waals surface area contributed by atoms with Gasteiger partial charge in [-0.3, -0.25) is 0 Å². The smallest absolute Gasteiger partial charge is 0.0221 e. The van der Waals surface area contributed by atoms with Crippen molar-refractivity contribution in [3.63, 3.8) is 0 Å². The lowest BCUT2D eigenvalue weighted by Gasteiger charge is -2.42. The van der Waals surface area contributed by atoms with Crippen LogP contribution in [0.5, 0.6) is 0 Å². The molecule has 1 fully saturated rings. The van der Waals surface area contributed by atoms with Gasteiger partial charge in [0, 0.05) is 5.54 Å². The third-order valence-electron chi connectivity index (χ3n) is 4.99. The molecule has 1 aliphatic rings. The van der Waals surface area contributed by atoms with E-state index in [9.17, 15) is 0 Å². The Kier molecular flexibility index (Phi) is 3.82. The zero-order valence-electron chi connectivity index (χ0n) is 12.3. The second kappa shape index (κ2) is 5.05. The largest absolute Gasteiger partial charge is 0.325 e. The molecule has 3 unspecified atom stereocenters. The normalized spacial score (nSPS) is 32.5. The molecule has 1 aromatic rings. The summed E-state index contributed by atoms with van der Waals surface area (Å²) in [6.45, 7) is 9.11. The molecular formula is C17H27N. The van der Waals surface area contributed by atoms with E-state index < -0.39 is 0 Å². The van der Waals surface area contributed by atoms with Gasteiger partial charge in [-0.25, -0.2) is 0 Å². The molecule has 0 aliphatic heterocycles. The van der Waals surface area contributed by atoms with Crippen molar-refractivity contribution in [3.05, 3.63) is 34.9 Å². The van der Waals surface area contributed by atoms with Crippen LogP contribution in [0.3, 0.4) is 0 Å². The van der Waals surface area contributed by atoms with Crippen LogP contribution in [0.4, 0.5) is 0 Å². The van der Waals surface area contributed by atoms with Gasteiger partial charge in [-0.05, 0) is 68.1 Å². The van der Waals surface area contributed by atoms with Gasteiger partial charge in [-0.15, -0.1) is 0 Å².